The molecule has 11 nitrogen and oxygen atoms in total. The van der Waals surface area contributed by atoms with E-state index in [0.29, 0.717) is 30.5 Å². The summed E-state index contributed by atoms with van der Waals surface area (Å²) in [4.78, 5) is 0.00722. The van der Waals surface area contributed by atoms with Gasteiger partial charge < -0.3 is 27.4 Å². The first-order chi connectivity index (χ1) is 27.0. The standard InChI is InChI=1S/C44H54N6O5S2/c1-43(2)24-36(25-44(3,4)50-43)49-56(51,52)41-16-9-8-15-38(41)42(32-17-19-39(34(22-32)26-45)47-28-30-11-6-5-7-12-30)33-18-20-40(35(23-33)27-46)48-29-31-13-10-14-37(21-31)57(53,54)55/h5-23,36,42,47-50H,24-29,45-46H2,1-4H3,(H,53,54,55). The Balaban J connectivity index is 1.40. The molecule has 0 aliphatic carbocycles. The van der Waals surface area contributed by atoms with Gasteiger partial charge in [0.1, 0.15) is 0 Å². The maximum atomic E-state index is 14.5. The molecule has 1 fully saturated rings. The SMILES string of the molecule is CC1(C)CC(NS(=O)(=O)c2ccccc2C(c2ccc(NCc3ccccc3)c(CN)c2)c2ccc(NCc3cccc(S(=O)(=O)O)c3)c(CN)c2)CC(C)(C)N1. The van der Waals surface area contributed by atoms with Crippen LogP contribution in [-0.2, 0) is 46.3 Å². The van der Waals surface area contributed by atoms with Gasteiger partial charge in [-0.1, -0.05) is 84.9 Å². The van der Waals surface area contributed by atoms with Crippen LogP contribution >= 0.6 is 0 Å². The lowest BCUT2D eigenvalue weighted by molar-refractivity contribution is 0.157. The molecule has 0 aromatic heterocycles. The molecule has 1 aliphatic rings. The summed E-state index contributed by atoms with van der Waals surface area (Å²) in [6.07, 6.45) is 1.26. The van der Waals surface area contributed by atoms with Gasteiger partial charge in [-0.3, -0.25) is 4.55 Å². The monoisotopic (exact) mass is 810 g/mol. The van der Waals surface area contributed by atoms with Crippen molar-refractivity contribution in [2.75, 3.05) is 10.6 Å². The number of sulfonamides is 1. The molecule has 0 amide bonds. The van der Waals surface area contributed by atoms with Gasteiger partial charge >= 0.3 is 0 Å². The van der Waals surface area contributed by atoms with Gasteiger partial charge in [-0.15, -0.1) is 0 Å². The minimum atomic E-state index is -4.36. The molecule has 9 N–H and O–H groups in total. The predicted octanol–water partition coefficient (Wildman–Crippen LogP) is 6.84. The van der Waals surface area contributed by atoms with Crippen LogP contribution in [0.3, 0.4) is 0 Å². The highest BCUT2D eigenvalue weighted by atomic mass is 32.2. The molecule has 0 saturated carbocycles. The summed E-state index contributed by atoms with van der Waals surface area (Å²) in [5.41, 5.74) is 19.6. The number of benzene rings is 5. The predicted molar refractivity (Wildman–Crippen MR) is 228 cm³/mol. The minimum absolute atomic E-state index is 0.174. The fraction of sp³-hybridized carbons (Fsp3) is 0.318. The minimum Gasteiger partial charge on any atom is -0.381 e. The average molecular weight is 811 g/mol. The zero-order valence-corrected chi connectivity index (χ0v) is 34.6. The maximum absolute atomic E-state index is 14.5. The van der Waals surface area contributed by atoms with Crippen molar-refractivity contribution in [1.82, 2.24) is 10.0 Å². The normalized spacial score (nSPS) is 16.2. The molecule has 0 radical (unpaired) electrons. The summed E-state index contributed by atoms with van der Waals surface area (Å²) in [5.74, 6) is -0.530. The first kappa shape index (κ1) is 42.0. The molecule has 0 spiro atoms. The van der Waals surface area contributed by atoms with Crippen LogP contribution in [0.5, 0.6) is 0 Å². The summed E-state index contributed by atoms with van der Waals surface area (Å²) >= 11 is 0. The number of anilines is 2. The van der Waals surface area contributed by atoms with Crippen LogP contribution in [0.1, 0.15) is 85.4 Å². The van der Waals surface area contributed by atoms with Crippen molar-refractivity contribution < 1.29 is 21.4 Å². The largest absolute Gasteiger partial charge is 0.381 e. The second-order valence-corrected chi connectivity index (χ2v) is 19.3. The third-order valence-electron chi connectivity index (χ3n) is 10.4. The Morgan fingerprint density at radius 1 is 0.684 bits per heavy atom. The molecule has 1 unspecified atom stereocenters. The van der Waals surface area contributed by atoms with Gasteiger partial charge in [0, 0.05) is 60.6 Å². The van der Waals surface area contributed by atoms with Gasteiger partial charge in [0.2, 0.25) is 10.0 Å². The Morgan fingerprint density at radius 2 is 1.21 bits per heavy atom. The molecular weight excluding hydrogens is 757 g/mol. The van der Waals surface area contributed by atoms with Crippen LogP contribution in [0.2, 0.25) is 0 Å². The van der Waals surface area contributed by atoms with E-state index < -0.39 is 26.1 Å². The molecule has 13 heteroatoms. The second kappa shape index (κ2) is 17.1. The van der Waals surface area contributed by atoms with Crippen molar-refractivity contribution >= 4 is 31.5 Å². The van der Waals surface area contributed by atoms with Crippen molar-refractivity contribution in [1.29, 1.82) is 0 Å². The van der Waals surface area contributed by atoms with Crippen LogP contribution in [-0.4, -0.2) is 38.5 Å². The lowest BCUT2D eigenvalue weighted by Crippen LogP contribution is -2.62. The molecule has 5 aromatic rings. The molecule has 0 bridgehead atoms. The Kier molecular flexibility index (Phi) is 12.6. The molecule has 5 aromatic carbocycles. The Morgan fingerprint density at radius 3 is 1.77 bits per heavy atom. The zero-order valence-electron chi connectivity index (χ0n) is 32.9. The highest BCUT2D eigenvalue weighted by Crippen LogP contribution is 2.39. The first-order valence-electron chi connectivity index (χ1n) is 19.1. The lowest BCUT2D eigenvalue weighted by atomic mass is 9.80. The molecule has 1 aliphatic heterocycles. The molecule has 6 rings (SSSR count). The number of nitrogens with one attached hydrogen (secondary N) is 4. The van der Waals surface area contributed by atoms with E-state index in [1.165, 1.54) is 12.1 Å². The highest BCUT2D eigenvalue weighted by molar-refractivity contribution is 7.89. The molecule has 1 atom stereocenters. The van der Waals surface area contributed by atoms with E-state index in [2.05, 4.69) is 60.5 Å². The van der Waals surface area contributed by atoms with Gasteiger partial charge in [-0.25, -0.2) is 13.1 Å². The van der Waals surface area contributed by atoms with E-state index >= 15 is 0 Å². The topological polar surface area (TPSA) is 189 Å². The van der Waals surface area contributed by atoms with Crippen molar-refractivity contribution in [3.8, 4) is 0 Å². The van der Waals surface area contributed by atoms with Gasteiger partial charge in [-0.2, -0.15) is 8.42 Å². The number of piperidine rings is 1. The van der Waals surface area contributed by atoms with Crippen LogP contribution in [0, 0.1) is 0 Å². The summed E-state index contributed by atoms with van der Waals surface area (Å²) < 4.78 is 65.2. The number of nitrogens with two attached hydrogens (primary N) is 2. The van der Waals surface area contributed by atoms with Crippen molar-refractivity contribution in [3.63, 3.8) is 0 Å². The smallest absolute Gasteiger partial charge is 0.294 e. The second-order valence-electron chi connectivity index (χ2n) is 16.1. The molecule has 1 saturated heterocycles. The fourth-order valence-electron chi connectivity index (χ4n) is 8.28. The van der Waals surface area contributed by atoms with Crippen molar-refractivity contribution in [2.24, 2.45) is 11.5 Å². The lowest BCUT2D eigenvalue weighted by Gasteiger charge is -2.46. The van der Waals surface area contributed by atoms with Gasteiger partial charge in [0.05, 0.1) is 9.79 Å². The van der Waals surface area contributed by atoms with E-state index in [1.807, 2.05) is 66.7 Å². The number of rotatable bonds is 15. The Hall–Kier alpha value is -4.60. The zero-order chi connectivity index (χ0) is 41.0. The average Bonchev–Trinajstić information content (AvgIpc) is 3.15. The highest BCUT2D eigenvalue weighted by Gasteiger charge is 2.40. The van der Waals surface area contributed by atoms with E-state index in [0.717, 1.165) is 39.2 Å². The molecule has 57 heavy (non-hydrogen) atoms. The number of hydrogen-bond acceptors (Lipinski definition) is 9. The van der Waals surface area contributed by atoms with Crippen LogP contribution in [0.15, 0.2) is 125 Å². The van der Waals surface area contributed by atoms with Crippen LogP contribution in [0.25, 0.3) is 0 Å². The third-order valence-corrected chi connectivity index (χ3v) is 12.8. The van der Waals surface area contributed by atoms with E-state index in [1.54, 1.807) is 24.3 Å². The van der Waals surface area contributed by atoms with Crippen LogP contribution < -0.4 is 32.1 Å². The first-order valence-corrected chi connectivity index (χ1v) is 22.0. The van der Waals surface area contributed by atoms with E-state index in [-0.39, 0.29) is 46.5 Å². The van der Waals surface area contributed by atoms with E-state index in [9.17, 15) is 21.4 Å². The Labute approximate surface area is 337 Å². The van der Waals surface area contributed by atoms with Crippen LogP contribution in [0.4, 0.5) is 11.4 Å². The summed E-state index contributed by atoms with van der Waals surface area (Å²) in [6.45, 7) is 9.69. The fourth-order valence-corrected chi connectivity index (χ4v) is 10.3. The van der Waals surface area contributed by atoms with E-state index in [4.69, 9.17) is 11.5 Å². The molecule has 1 heterocycles. The van der Waals surface area contributed by atoms with Crippen molar-refractivity contribution in [2.45, 2.75) is 99.5 Å². The molecular formula is C44H54N6O5S2. The van der Waals surface area contributed by atoms with Gasteiger partial charge in [0.15, 0.2) is 0 Å². The molecule has 302 valence electrons. The summed E-state index contributed by atoms with van der Waals surface area (Å²) in [6, 6.07) is 35.0. The quantitative estimate of drug-likeness (QED) is 0.0436. The Bertz CT molecular complexity index is 2410. The van der Waals surface area contributed by atoms with Crippen molar-refractivity contribution in [3.05, 3.63) is 154 Å². The maximum Gasteiger partial charge on any atom is 0.294 e. The summed E-state index contributed by atoms with van der Waals surface area (Å²) in [7, 11) is -8.36. The number of hydrogen-bond donors (Lipinski definition) is 7. The van der Waals surface area contributed by atoms with Gasteiger partial charge in [0.25, 0.3) is 10.1 Å². The van der Waals surface area contributed by atoms with Gasteiger partial charge in [-0.05, 0) is 110 Å². The third kappa shape index (κ3) is 10.5. The summed E-state index contributed by atoms with van der Waals surface area (Å²) in [5, 5.41) is 10.5.